The molecule has 0 saturated carbocycles. The number of carbonyl (C=O) groups is 1. The van der Waals surface area contributed by atoms with E-state index in [2.05, 4.69) is 21.2 Å². The van der Waals surface area contributed by atoms with Crippen molar-refractivity contribution in [2.45, 2.75) is 44.6 Å². The molecule has 0 spiro atoms. The second-order valence-electron chi connectivity index (χ2n) is 7.18. The van der Waals surface area contributed by atoms with Crippen LogP contribution in [-0.4, -0.2) is 47.7 Å². The van der Waals surface area contributed by atoms with Crippen LogP contribution in [0.2, 0.25) is 0 Å². The van der Waals surface area contributed by atoms with E-state index in [0.29, 0.717) is 43.9 Å². The number of nitrogens with one attached hydrogen (secondary N) is 1. The van der Waals surface area contributed by atoms with Gasteiger partial charge in [-0.15, -0.1) is 0 Å². The van der Waals surface area contributed by atoms with Crippen molar-refractivity contribution in [2.24, 2.45) is 0 Å². The molecule has 0 radical (unpaired) electrons. The van der Waals surface area contributed by atoms with Crippen LogP contribution in [0.5, 0.6) is 11.6 Å². The Morgan fingerprint density at radius 3 is 3.07 bits per heavy atom. The fraction of sp³-hybridized carbons (Fsp3) is 0.450. The van der Waals surface area contributed by atoms with Gasteiger partial charge in [-0.1, -0.05) is 0 Å². The van der Waals surface area contributed by atoms with Gasteiger partial charge in [-0.05, 0) is 43.0 Å². The highest BCUT2D eigenvalue weighted by Crippen LogP contribution is 2.27. The maximum atomic E-state index is 12.6. The minimum atomic E-state index is -2.76. The zero-order valence-electron chi connectivity index (χ0n) is 16.0. The van der Waals surface area contributed by atoms with E-state index >= 15 is 0 Å². The van der Waals surface area contributed by atoms with Gasteiger partial charge in [0.2, 0.25) is 5.88 Å². The fourth-order valence-corrected chi connectivity index (χ4v) is 3.59. The second kappa shape index (κ2) is 8.67. The van der Waals surface area contributed by atoms with Gasteiger partial charge in [-0.25, -0.2) is 4.68 Å². The first-order valence-electron chi connectivity index (χ1n) is 9.63. The summed E-state index contributed by atoms with van der Waals surface area (Å²) in [4.78, 5) is 12.6. The predicted molar refractivity (Wildman–Crippen MR) is 99.4 cm³/mol. The first-order chi connectivity index (χ1) is 14.5. The number of ether oxygens (including phenoxy) is 3. The molecule has 0 bridgehead atoms. The molecule has 10 heteroatoms. The van der Waals surface area contributed by atoms with E-state index < -0.39 is 6.61 Å². The number of hydrogen-bond acceptors (Lipinski definition) is 6. The maximum Gasteiger partial charge on any atom is 0.345 e. The summed E-state index contributed by atoms with van der Waals surface area (Å²) >= 11 is 0. The molecule has 158 valence electrons. The van der Waals surface area contributed by atoms with Gasteiger partial charge in [0, 0.05) is 6.07 Å². The third-order valence-electron chi connectivity index (χ3n) is 4.99. The zero-order valence-corrected chi connectivity index (χ0v) is 16.0. The molecule has 0 saturated heterocycles. The Kier molecular flexibility index (Phi) is 5.81. The van der Waals surface area contributed by atoms with E-state index in [1.165, 1.54) is 0 Å². The molecule has 0 fully saturated rings. The highest BCUT2D eigenvalue weighted by atomic mass is 19.3. The largest absolute Gasteiger partial charge is 0.491 e. The number of hydrogen-bond donors (Lipinski definition) is 1. The molecule has 1 N–H and O–H groups in total. The lowest BCUT2D eigenvalue weighted by Gasteiger charge is -2.26. The lowest BCUT2D eigenvalue weighted by Crippen LogP contribution is -2.43. The van der Waals surface area contributed by atoms with Gasteiger partial charge in [-0.2, -0.15) is 19.1 Å². The third kappa shape index (κ3) is 4.52. The first-order valence-corrected chi connectivity index (χ1v) is 9.63. The van der Waals surface area contributed by atoms with Crippen molar-refractivity contribution < 1.29 is 27.8 Å². The summed E-state index contributed by atoms with van der Waals surface area (Å²) in [6, 6.07) is 8.65. The first kappa shape index (κ1) is 20.1. The van der Waals surface area contributed by atoms with Crippen molar-refractivity contribution >= 4 is 5.91 Å². The van der Waals surface area contributed by atoms with Crippen LogP contribution in [0, 0.1) is 11.3 Å². The molecular weight excluding hydrogens is 398 g/mol. The smallest absolute Gasteiger partial charge is 0.345 e. The SMILES string of the molecule is N#Cc1ccc2c(c1)CC(NC(=O)c1cc3n(n1)CC(CCCOC(F)F)O3)CO2. The monoisotopic (exact) mass is 418 g/mol. The minimum Gasteiger partial charge on any atom is -0.491 e. The molecule has 4 rings (SSSR count). The summed E-state index contributed by atoms with van der Waals surface area (Å²) in [5, 5.41) is 16.2. The molecule has 2 aromatic rings. The van der Waals surface area contributed by atoms with Crippen LogP contribution in [0.25, 0.3) is 0 Å². The Labute approximate surface area is 171 Å². The Morgan fingerprint density at radius 2 is 2.30 bits per heavy atom. The topological polar surface area (TPSA) is 98.4 Å². The lowest BCUT2D eigenvalue weighted by molar-refractivity contribution is -0.130. The number of halogens is 2. The lowest BCUT2D eigenvalue weighted by atomic mass is 10.0. The zero-order chi connectivity index (χ0) is 21.1. The number of fused-ring (bicyclic) bond motifs is 2. The molecular formula is C20H20F2N4O4. The van der Waals surface area contributed by atoms with Gasteiger partial charge < -0.3 is 19.5 Å². The average Bonchev–Trinajstić information content (AvgIpc) is 3.29. The van der Waals surface area contributed by atoms with Crippen LogP contribution in [0.1, 0.15) is 34.5 Å². The van der Waals surface area contributed by atoms with Crippen LogP contribution in [0.3, 0.4) is 0 Å². The summed E-state index contributed by atoms with van der Waals surface area (Å²) in [5.41, 5.74) is 1.66. The number of benzene rings is 1. The van der Waals surface area contributed by atoms with E-state index in [-0.39, 0.29) is 30.4 Å². The molecule has 0 aliphatic carbocycles. The summed E-state index contributed by atoms with van der Waals surface area (Å²) in [7, 11) is 0. The standard InChI is InChI=1S/C20H20F2N4O4/c21-20(22)28-5-1-2-15-10-26-18(30-15)8-16(25-26)19(27)24-14-7-13-6-12(9-23)3-4-17(13)29-11-14/h3-4,6,8,14-15,20H,1-2,5,7,10-11H2,(H,24,27). The van der Waals surface area contributed by atoms with Gasteiger partial charge in [0.15, 0.2) is 5.69 Å². The highest BCUT2D eigenvalue weighted by molar-refractivity contribution is 5.92. The Morgan fingerprint density at radius 1 is 1.43 bits per heavy atom. The van der Waals surface area contributed by atoms with Gasteiger partial charge >= 0.3 is 6.61 Å². The van der Waals surface area contributed by atoms with Crippen LogP contribution < -0.4 is 14.8 Å². The van der Waals surface area contributed by atoms with E-state index in [1.807, 2.05) is 0 Å². The van der Waals surface area contributed by atoms with Crippen molar-refractivity contribution in [3.63, 3.8) is 0 Å². The number of nitrogens with zero attached hydrogens (tertiary/aromatic N) is 3. The van der Waals surface area contributed by atoms with Crippen molar-refractivity contribution in [3.8, 4) is 17.7 Å². The number of rotatable bonds is 7. The molecule has 2 aliphatic heterocycles. The quantitative estimate of drug-likeness (QED) is 0.693. The van der Waals surface area contributed by atoms with Gasteiger partial charge in [0.25, 0.3) is 5.91 Å². The van der Waals surface area contributed by atoms with E-state index in [9.17, 15) is 13.6 Å². The molecule has 1 amide bonds. The summed E-state index contributed by atoms with van der Waals surface area (Å²) in [6.45, 7) is -2.01. The number of nitriles is 1. The molecule has 2 aliphatic rings. The van der Waals surface area contributed by atoms with Crippen LogP contribution >= 0.6 is 0 Å². The summed E-state index contributed by atoms with van der Waals surface area (Å²) in [6.07, 6.45) is 1.39. The van der Waals surface area contributed by atoms with Crippen LogP contribution in [0.4, 0.5) is 8.78 Å². The molecule has 2 unspecified atom stereocenters. The Balaban J connectivity index is 1.29. The van der Waals surface area contributed by atoms with Crippen molar-refractivity contribution in [3.05, 3.63) is 41.1 Å². The molecule has 3 heterocycles. The van der Waals surface area contributed by atoms with Crippen molar-refractivity contribution in [1.29, 1.82) is 5.26 Å². The molecule has 2 atom stereocenters. The predicted octanol–water partition coefficient (Wildman–Crippen LogP) is 2.27. The van der Waals surface area contributed by atoms with Crippen LogP contribution in [-0.2, 0) is 17.7 Å². The fourth-order valence-electron chi connectivity index (χ4n) is 3.59. The summed E-state index contributed by atoms with van der Waals surface area (Å²) < 4.78 is 41.2. The molecule has 8 nitrogen and oxygen atoms in total. The van der Waals surface area contributed by atoms with Crippen molar-refractivity contribution in [1.82, 2.24) is 15.1 Å². The normalized spacial score (nSPS) is 19.4. The number of alkyl halides is 2. The van der Waals surface area contributed by atoms with Gasteiger partial charge in [0.05, 0.1) is 30.8 Å². The van der Waals surface area contributed by atoms with Crippen molar-refractivity contribution in [2.75, 3.05) is 13.2 Å². The van der Waals surface area contributed by atoms with Gasteiger partial charge in [-0.3, -0.25) is 4.79 Å². The molecule has 1 aromatic heterocycles. The Bertz CT molecular complexity index is 949. The summed E-state index contributed by atoms with van der Waals surface area (Å²) in [5.74, 6) is 0.860. The van der Waals surface area contributed by atoms with Gasteiger partial charge in [0.1, 0.15) is 18.5 Å². The number of carbonyl (C=O) groups excluding carboxylic acids is 1. The molecule has 30 heavy (non-hydrogen) atoms. The van der Waals surface area contributed by atoms with Crippen LogP contribution in [0.15, 0.2) is 24.3 Å². The third-order valence-corrected chi connectivity index (χ3v) is 4.99. The minimum absolute atomic E-state index is 0.0318. The highest BCUT2D eigenvalue weighted by Gasteiger charge is 2.28. The van der Waals surface area contributed by atoms with E-state index in [1.54, 1.807) is 28.9 Å². The average molecular weight is 418 g/mol. The molecule has 1 aromatic carbocycles. The number of amides is 1. The van der Waals surface area contributed by atoms with E-state index in [4.69, 9.17) is 14.7 Å². The second-order valence-corrected chi connectivity index (χ2v) is 7.18. The maximum absolute atomic E-state index is 12.6. The van der Waals surface area contributed by atoms with E-state index in [0.717, 1.165) is 11.3 Å². The number of aromatic nitrogens is 2. The Hall–Kier alpha value is -3.19.